The first-order chi connectivity index (χ1) is 8.86. The van der Waals surface area contributed by atoms with Crippen molar-refractivity contribution in [2.24, 2.45) is 0 Å². The number of nitrogens with zero attached hydrogens (tertiary/aromatic N) is 1. The number of carbonyl (C=O) groups excluding carboxylic acids is 2. The number of hydrogen-bond acceptors (Lipinski definition) is 5. The molecule has 0 aliphatic carbocycles. The van der Waals surface area contributed by atoms with Crippen LogP contribution in [0.15, 0.2) is 0 Å². The third-order valence-corrected chi connectivity index (χ3v) is 2.21. The number of likely N-dealkylation sites (N-methyl/N-ethyl adjacent to an activating group) is 1. The van der Waals surface area contributed by atoms with E-state index in [1.807, 2.05) is 0 Å². The highest BCUT2D eigenvalue weighted by Gasteiger charge is 2.21. The summed E-state index contributed by atoms with van der Waals surface area (Å²) in [5.41, 5.74) is 0. The Morgan fingerprint density at radius 1 is 1.37 bits per heavy atom. The van der Waals surface area contributed by atoms with E-state index in [4.69, 9.17) is 9.84 Å². The SMILES string of the molecule is COCCNC(=O)CN(C)CC(NC(C)=O)C(=O)O. The smallest absolute Gasteiger partial charge is 0.327 e. The Morgan fingerprint density at radius 2 is 2.00 bits per heavy atom. The predicted octanol–water partition coefficient (Wildman–Crippen LogP) is -1.73. The summed E-state index contributed by atoms with van der Waals surface area (Å²) in [4.78, 5) is 34.7. The van der Waals surface area contributed by atoms with Crippen LogP contribution in [-0.4, -0.2) is 74.2 Å². The number of amides is 2. The molecule has 1 unspecified atom stereocenters. The minimum atomic E-state index is -1.14. The van der Waals surface area contributed by atoms with Gasteiger partial charge < -0.3 is 20.5 Å². The zero-order chi connectivity index (χ0) is 14.8. The summed E-state index contributed by atoms with van der Waals surface area (Å²) in [5.74, 6) is -1.79. The number of nitrogens with one attached hydrogen (secondary N) is 2. The lowest BCUT2D eigenvalue weighted by atomic mass is 10.2. The molecule has 0 heterocycles. The number of carboxylic acid groups (broad SMARTS) is 1. The van der Waals surface area contributed by atoms with Gasteiger partial charge in [-0.15, -0.1) is 0 Å². The number of carbonyl (C=O) groups is 3. The van der Waals surface area contributed by atoms with Crippen LogP contribution in [0.1, 0.15) is 6.92 Å². The van der Waals surface area contributed by atoms with Gasteiger partial charge in [0.1, 0.15) is 6.04 Å². The van der Waals surface area contributed by atoms with Gasteiger partial charge in [-0.25, -0.2) is 4.79 Å². The van der Waals surface area contributed by atoms with Gasteiger partial charge in [-0.1, -0.05) is 0 Å². The zero-order valence-corrected chi connectivity index (χ0v) is 11.4. The maximum Gasteiger partial charge on any atom is 0.327 e. The number of aliphatic carboxylic acids is 1. The van der Waals surface area contributed by atoms with E-state index in [1.54, 1.807) is 7.05 Å². The molecule has 110 valence electrons. The fourth-order valence-electron chi connectivity index (χ4n) is 1.40. The van der Waals surface area contributed by atoms with Crippen molar-refractivity contribution in [1.82, 2.24) is 15.5 Å². The third kappa shape index (κ3) is 8.97. The number of ether oxygens (including phenoxy) is 1. The fraction of sp³-hybridized carbons (Fsp3) is 0.727. The van der Waals surface area contributed by atoms with E-state index < -0.39 is 17.9 Å². The third-order valence-electron chi connectivity index (χ3n) is 2.21. The van der Waals surface area contributed by atoms with Crippen molar-refractivity contribution < 1.29 is 24.2 Å². The molecule has 0 spiro atoms. The molecule has 3 N–H and O–H groups in total. The van der Waals surface area contributed by atoms with Gasteiger partial charge in [0.2, 0.25) is 11.8 Å². The van der Waals surface area contributed by atoms with Crippen molar-refractivity contribution in [3.8, 4) is 0 Å². The summed E-state index contributed by atoms with van der Waals surface area (Å²) in [6.45, 7) is 2.16. The molecule has 0 saturated heterocycles. The molecule has 0 aliphatic heterocycles. The Kier molecular flexibility index (Phi) is 8.47. The summed E-state index contributed by atoms with van der Waals surface area (Å²) in [6, 6.07) is -1.03. The lowest BCUT2D eigenvalue weighted by molar-refractivity contribution is -0.142. The van der Waals surface area contributed by atoms with Gasteiger partial charge in [-0.2, -0.15) is 0 Å². The molecule has 2 amide bonds. The van der Waals surface area contributed by atoms with E-state index in [0.29, 0.717) is 13.2 Å². The highest BCUT2D eigenvalue weighted by molar-refractivity contribution is 5.82. The Balaban J connectivity index is 4.11. The Bertz CT molecular complexity index is 321. The van der Waals surface area contributed by atoms with Crippen molar-refractivity contribution in [1.29, 1.82) is 0 Å². The summed E-state index contributed by atoms with van der Waals surface area (Å²) in [6.07, 6.45) is 0. The molecule has 0 aromatic carbocycles. The minimum absolute atomic E-state index is 0.0482. The second kappa shape index (κ2) is 9.29. The minimum Gasteiger partial charge on any atom is -0.480 e. The number of rotatable bonds is 9. The van der Waals surface area contributed by atoms with Gasteiger partial charge in [0.05, 0.1) is 13.2 Å². The highest BCUT2D eigenvalue weighted by atomic mass is 16.5. The average Bonchev–Trinajstić information content (AvgIpc) is 2.27. The highest BCUT2D eigenvalue weighted by Crippen LogP contribution is 1.91. The fourth-order valence-corrected chi connectivity index (χ4v) is 1.40. The van der Waals surface area contributed by atoms with Crippen LogP contribution in [-0.2, 0) is 19.1 Å². The summed E-state index contributed by atoms with van der Waals surface area (Å²) >= 11 is 0. The monoisotopic (exact) mass is 275 g/mol. The molecular weight excluding hydrogens is 254 g/mol. The molecule has 0 bridgehead atoms. The van der Waals surface area contributed by atoms with Crippen molar-refractivity contribution in [3.63, 3.8) is 0 Å². The van der Waals surface area contributed by atoms with Crippen LogP contribution < -0.4 is 10.6 Å². The lowest BCUT2D eigenvalue weighted by Gasteiger charge is -2.21. The van der Waals surface area contributed by atoms with Crippen molar-refractivity contribution >= 4 is 17.8 Å². The molecule has 0 aliphatic rings. The molecule has 8 heteroatoms. The van der Waals surface area contributed by atoms with E-state index >= 15 is 0 Å². The van der Waals surface area contributed by atoms with Gasteiger partial charge in [-0.3, -0.25) is 14.5 Å². The van der Waals surface area contributed by atoms with Crippen LogP contribution in [0.25, 0.3) is 0 Å². The molecule has 19 heavy (non-hydrogen) atoms. The Morgan fingerprint density at radius 3 is 2.47 bits per heavy atom. The number of methoxy groups -OCH3 is 1. The average molecular weight is 275 g/mol. The van der Waals surface area contributed by atoms with Crippen molar-refractivity contribution in [3.05, 3.63) is 0 Å². The first-order valence-corrected chi connectivity index (χ1v) is 5.81. The normalized spacial score (nSPS) is 12.0. The Labute approximate surface area is 112 Å². The maximum absolute atomic E-state index is 11.5. The van der Waals surface area contributed by atoms with E-state index in [1.165, 1.54) is 18.9 Å². The summed E-state index contributed by atoms with van der Waals surface area (Å²) in [5, 5.41) is 13.8. The maximum atomic E-state index is 11.5. The van der Waals surface area contributed by atoms with E-state index in [0.717, 1.165) is 0 Å². The van der Waals surface area contributed by atoms with E-state index in [-0.39, 0.29) is 19.0 Å². The first kappa shape index (κ1) is 17.3. The van der Waals surface area contributed by atoms with Crippen LogP contribution in [0.3, 0.4) is 0 Å². The van der Waals surface area contributed by atoms with Crippen LogP contribution in [0.4, 0.5) is 0 Å². The van der Waals surface area contributed by atoms with Crippen LogP contribution in [0.5, 0.6) is 0 Å². The van der Waals surface area contributed by atoms with E-state index in [9.17, 15) is 14.4 Å². The molecule has 0 aromatic rings. The van der Waals surface area contributed by atoms with Gasteiger partial charge in [0.15, 0.2) is 0 Å². The van der Waals surface area contributed by atoms with Crippen molar-refractivity contribution in [2.75, 3.05) is 40.4 Å². The second-order valence-electron chi connectivity index (χ2n) is 4.13. The number of hydrogen-bond donors (Lipinski definition) is 3. The standard InChI is InChI=1S/C11H21N3O5/c1-8(15)13-9(11(17)18)6-14(2)7-10(16)12-4-5-19-3/h9H,4-7H2,1-3H3,(H,12,16)(H,13,15)(H,17,18). The molecule has 8 nitrogen and oxygen atoms in total. The molecule has 0 saturated carbocycles. The second-order valence-corrected chi connectivity index (χ2v) is 4.13. The molecule has 0 fully saturated rings. The van der Waals surface area contributed by atoms with Crippen LogP contribution >= 0.6 is 0 Å². The molecule has 1 atom stereocenters. The quantitative estimate of drug-likeness (QED) is 0.432. The summed E-state index contributed by atoms with van der Waals surface area (Å²) < 4.78 is 4.78. The molecule has 0 aromatic heterocycles. The van der Waals surface area contributed by atoms with Gasteiger partial charge in [0, 0.05) is 27.1 Å². The molecule has 0 rings (SSSR count). The van der Waals surface area contributed by atoms with E-state index in [2.05, 4.69) is 10.6 Å². The Hall–Kier alpha value is -1.67. The number of carboxylic acids is 1. The van der Waals surface area contributed by atoms with Crippen molar-refractivity contribution in [2.45, 2.75) is 13.0 Å². The summed E-state index contributed by atoms with van der Waals surface area (Å²) in [7, 11) is 3.14. The lowest BCUT2D eigenvalue weighted by Crippen LogP contribution is -2.48. The van der Waals surface area contributed by atoms with Gasteiger partial charge >= 0.3 is 5.97 Å². The van der Waals surface area contributed by atoms with Gasteiger partial charge in [-0.05, 0) is 7.05 Å². The van der Waals surface area contributed by atoms with Gasteiger partial charge in [0.25, 0.3) is 0 Å². The molecular formula is C11H21N3O5. The van der Waals surface area contributed by atoms with Crippen LogP contribution in [0.2, 0.25) is 0 Å². The zero-order valence-electron chi connectivity index (χ0n) is 11.4. The van der Waals surface area contributed by atoms with Crippen LogP contribution in [0, 0.1) is 0 Å². The topological polar surface area (TPSA) is 108 Å². The predicted molar refractivity (Wildman–Crippen MR) is 67.6 cm³/mol. The molecule has 0 radical (unpaired) electrons. The first-order valence-electron chi connectivity index (χ1n) is 5.81. The largest absolute Gasteiger partial charge is 0.480 e.